The first-order valence-electron chi connectivity index (χ1n) is 6.88. The molecule has 0 bridgehead atoms. The molecule has 1 aliphatic rings. The van der Waals surface area contributed by atoms with Crippen LogP contribution in [0.3, 0.4) is 0 Å². The second kappa shape index (κ2) is 5.44. The normalized spacial score (nSPS) is 17.8. The molecule has 3 nitrogen and oxygen atoms in total. The summed E-state index contributed by atoms with van der Waals surface area (Å²) in [7, 11) is 0. The van der Waals surface area contributed by atoms with Crippen LogP contribution in [-0.4, -0.2) is 4.57 Å². The smallest absolute Gasteiger partial charge is 0.264 e. The molecule has 104 valence electrons. The Morgan fingerprint density at radius 1 is 1.35 bits per heavy atom. The summed E-state index contributed by atoms with van der Waals surface area (Å²) in [5.74, 6) is 0.395. The molecule has 2 aromatic rings. The fourth-order valence-electron chi connectivity index (χ4n) is 3.04. The van der Waals surface area contributed by atoms with Crippen LogP contribution in [0.5, 0.6) is 0 Å². The number of fused-ring (bicyclic) bond motifs is 1. The molecule has 0 spiro atoms. The van der Waals surface area contributed by atoms with Crippen molar-refractivity contribution < 1.29 is 0 Å². The molecular weight excluding hydrogens is 316 g/mol. The Labute approximate surface area is 126 Å². The lowest BCUT2D eigenvalue weighted by atomic mass is 9.83. The van der Waals surface area contributed by atoms with Crippen LogP contribution in [-0.2, 0) is 13.0 Å². The number of nitrogens with zero attached hydrogens (tertiary/aromatic N) is 1. The number of hydrogen-bond acceptors (Lipinski definition) is 2. The first-order valence-corrected chi connectivity index (χ1v) is 7.67. The molecule has 1 aliphatic carbocycles. The zero-order chi connectivity index (χ0) is 14.1. The van der Waals surface area contributed by atoms with Crippen LogP contribution in [0.15, 0.2) is 45.8 Å². The highest BCUT2D eigenvalue weighted by atomic mass is 79.9. The number of benzene rings is 1. The minimum atomic E-state index is -0.0118. The van der Waals surface area contributed by atoms with E-state index in [0.29, 0.717) is 22.6 Å². The summed E-state index contributed by atoms with van der Waals surface area (Å²) in [5.41, 5.74) is 9.23. The molecular formula is C16H17BrN2O. The zero-order valence-corrected chi connectivity index (χ0v) is 12.8. The number of aromatic nitrogens is 1. The monoisotopic (exact) mass is 332 g/mol. The average molecular weight is 333 g/mol. The summed E-state index contributed by atoms with van der Waals surface area (Å²) in [5, 5.41) is 0. The van der Waals surface area contributed by atoms with Crippen LogP contribution < -0.4 is 11.3 Å². The first kappa shape index (κ1) is 13.4. The molecule has 0 radical (unpaired) electrons. The zero-order valence-electron chi connectivity index (χ0n) is 11.2. The third-order valence-corrected chi connectivity index (χ3v) is 4.54. The Balaban J connectivity index is 1.95. The van der Waals surface area contributed by atoms with E-state index in [1.165, 1.54) is 17.5 Å². The largest absolute Gasteiger partial charge is 0.398 e. The molecule has 1 unspecified atom stereocenters. The van der Waals surface area contributed by atoms with E-state index >= 15 is 0 Å². The first-order chi connectivity index (χ1) is 9.65. The SMILES string of the molecule is Nc1cc(Br)c(=O)n(CC2CCCc3ccccc32)c1. The number of rotatable bonds is 2. The van der Waals surface area contributed by atoms with Crippen molar-refractivity contribution in [1.82, 2.24) is 4.57 Å². The van der Waals surface area contributed by atoms with Gasteiger partial charge in [-0.05, 0) is 52.4 Å². The number of pyridine rings is 1. The highest BCUT2D eigenvalue weighted by molar-refractivity contribution is 9.10. The van der Waals surface area contributed by atoms with Crippen LogP contribution in [0.2, 0.25) is 0 Å². The lowest BCUT2D eigenvalue weighted by molar-refractivity contribution is 0.475. The second-order valence-electron chi connectivity index (χ2n) is 5.37. The van der Waals surface area contributed by atoms with Gasteiger partial charge in [0.05, 0.1) is 4.47 Å². The van der Waals surface area contributed by atoms with E-state index in [0.717, 1.165) is 12.8 Å². The van der Waals surface area contributed by atoms with E-state index in [9.17, 15) is 4.79 Å². The summed E-state index contributed by atoms with van der Waals surface area (Å²) >= 11 is 3.28. The lowest BCUT2D eigenvalue weighted by Gasteiger charge is -2.26. The van der Waals surface area contributed by atoms with E-state index < -0.39 is 0 Å². The fourth-order valence-corrected chi connectivity index (χ4v) is 3.53. The molecule has 1 aromatic carbocycles. The quantitative estimate of drug-likeness (QED) is 0.917. The van der Waals surface area contributed by atoms with Crippen molar-refractivity contribution in [3.05, 3.63) is 62.5 Å². The molecule has 3 rings (SSSR count). The number of nitrogen functional groups attached to an aromatic ring is 1. The number of anilines is 1. The molecule has 0 amide bonds. The summed E-state index contributed by atoms with van der Waals surface area (Å²) in [6.07, 6.45) is 5.18. The van der Waals surface area contributed by atoms with E-state index in [2.05, 4.69) is 40.2 Å². The van der Waals surface area contributed by atoms with Gasteiger partial charge < -0.3 is 10.3 Å². The predicted molar refractivity (Wildman–Crippen MR) is 84.9 cm³/mol. The Hall–Kier alpha value is -1.55. The van der Waals surface area contributed by atoms with Gasteiger partial charge in [-0.15, -0.1) is 0 Å². The summed E-state index contributed by atoms with van der Waals surface area (Å²) in [4.78, 5) is 12.2. The molecule has 1 atom stereocenters. The maximum atomic E-state index is 12.2. The van der Waals surface area contributed by atoms with Crippen LogP contribution >= 0.6 is 15.9 Å². The van der Waals surface area contributed by atoms with Gasteiger partial charge in [0.2, 0.25) is 0 Å². The van der Waals surface area contributed by atoms with Crippen molar-refractivity contribution >= 4 is 21.6 Å². The maximum absolute atomic E-state index is 12.2. The Morgan fingerprint density at radius 2 is 2.15 bits per heavy atom. The number of halogens is 1. The number of aryl methyl sites for hydroxylation is 1. The van der Waals surface area contributed by atoms with Gasteiger partial charge in [-0.3, -0.25) is 4.79 Å². The fraction of sp³-hybridized carbons (Fsp3) is 0.312. The molecule has 0 aliphatic heterocycles. The van der Waals surface area contributed by atoms with Gasteiger partial charge in [0.1, 0.15) is 0 Å². The van der Waals surface area contributed by atoms with Gasteiger partial charge in [-0.1, -0.05) is 24.3 Å². The standard InChI is InChI=1S/C16H17BrN2O/c17-15-8-13(18)10-19(16(15)20)9-12-6-3-5-11-4-1-2-7-14(11)12/h1-2,4,7-8,10,12H,3,5-6,9,18H2. The van der Waals surface area contributed by atoms with Crippen molar-refractivity contribution in [2.75, 3.05) is 5.73 Å². The topological polar surface area (TPSA) is 48.0 Å². The summed E-state index contributed by atoms with van der Waals surface area (Å²) in [6.45, 7) is 0.694. The summed E-state index contributed by atoms with van der Waals surface area (Å²) in [6, 6.07) is 10.2. The van der Waals surface area contributed by atoms with E-state index in [4.69, 9.17) is 5.73 Å². The van der Waals surface area contributed by atoms with Crippen molar-refractivity contribution in [3.63, 3.8) is 0 Å². The van der Waals surface area contributed by atoms with Crippen molar-refractivity contribution in [2.45, 2.75) is 31.7 Å². The molecule has 0 saturated carbocycles. The minimum absolute atomic E-state index is 0.0118. The Bertz CT molecular complexity index is 693. The van der Waals surface area contributed by atoms with Gasteiger partial charge in [-0.25, -0.2) is 0 Å². The second-order valence-corrected chi connectivity index (χ2v) is 6.22. The molecule has 1 heterocycles. The van der Waals surface area contributed by atoms with Gasteiger partial charge in [0.15, 0.2) is 0 Å². The maximum Gasteiger partial charge on any atom is 0.264 e. The molecule has 4 heteroatoms. The van der Waals surface area contributed by atoms with Gasteiger partial charge in [0, 0.05) is 24.3 Å². The van der Waals surface area contributed by atoms with Gasteiger partial charge >= 0.3 is 0 Å². The van der Waals surface area contributed by atoms with Crippen LogP contribution in [0.1, 0.15) is 29.9 Å². The van der Waals surface area contributed by atoms with Crippen molar-refractivity contribution in [2.24, 2.45) is 0 Å². The van der Waals surface area contributed by atoms with Crippen molar-refractivity contribution in [3.8, 4) is 0 Å². The molecule has 0 fully saturated rings. The van der Waals surface area contributed by atoms with Crippen LogP contribution in [0.4, 0.5) is 5.69 Å². The van der Waals surface area contributed by atoms with E-state index in [-0.39, 0.29) is 5.56 Å². The highest BCUT2D eigenvalue weighted by Crippen LogP contribution is 2.32. The van der Waals surface area contributed by atoms with Crippen molar-refractivity contribution in [1.29, 1.82) is 0 Å². The van der Waals surface area contributed by atoms with E-state index in [1.807, 2.05) is 0 Å². The third kappa shape index (κ3) is 2.52. The average Bonchev–Trinajstić information content (AvgIpc) is 2.44. The Kier molecular flexibility index (Phi) is 3.66. The van der Waals surface area contributed by atoms with Crippen LogP contribution in [0.25, 0.3) is 0 Å². The molecule has 1 aromatic heterocycles. The number of nitrogens with two attached hydrogens (primary N) is 1. The number of hydrogen-bond donors (Lipinski definition) is 1. The molecule has 2 N–H and O–H groups in total. The lowest BCUT2D eigenvalue weighted by Crippen LogP contribution is -2.25. The van der Waals surface area contributed by atoms with Gasteiger partial charge in [-0.2, -0.15) is 0 Å². The van der Waals surface area contributed by atoms with Gasteiger partial charge in [0.25, 0.3) is 5.56 Å². The predicted octanol–water partition coefficient (Wildman–Crippen LogP) is 3.31. The third-order valence-electron chi connectivity index (χ3n) is 3.97. The van der Waals surface area contributed by atoms with E-state index in [1.54, 1.807) is 16.8 Å². The molecule has 0 saturated heterocycles. The minimum Gasteiger partial charge on any atom is -0.398 e. The summed E-state index contributed by atoms with van der Waals surface area (Å²) < 4.78 is 2.26. The highest BCUT2D eigenvalue weighted by Gasteiger charge is 2.20. The Morgan fingerprint density at radius 3 is 3.00 bits per heavy atom. The van der Waals surface area contributed by atoms with Crippen LogP contribution in [0, 0.1) is 0 Å². The molecule has 20 heavy (non-hydrogen) atoms.